The Balaban J connectivity index is 1.78. The molecule has 11 heteroatoms. The predicted octanol–water partition coefficient (Wildman–Crippen LogP) is 5.18. The van der Waals surface area contributed by atoms with Gasteiger partial charge in [-0.15, -0.1) is 0 Å². The summed E-state index contributed by atoms with van der Waals surface area (Å²) >= 11 is 6.04. The first-order chi connectivity index (χ1) is 15.2. The van der Waals surface area contributed by atoms with Crippen molar-refractivity contribution >= 4 is 38.2 Å². The molecule has 4 rings (SSSR count). The lowest BCUT2D eigenvalue weighted by Crippen LogP contribution is -2.15. The number of nitrogens with zero attached hydrogens (tertiary/aromatic N) is 2. The maximum atomic E-state index is 14.0. The van der Waals surface area contributed by atoms with Crippen molar-refractivity contribution in [2.24, 2.45) is 0 Å². The quantitative estimate of drug-likeness (QED) is 0.427. The van der Waals surface area contributed by atoms with E-state index >= 15 is 0 Å². The van der Waals surface area contributed by atoms with Crippen molar-refractivity contribution in [1.82, 2.24) is 9.97 Å². The van der Waals surface area contributed by atoms with E-state index in [1.807, 2.05) is 0 Å². The van der Waals surface area contributed by atoms with Crippen LogP contribution in [0.15, 0.2) is 59.8 Å². The van der Waals surface area contributed by atoms with Gasteiger partial charge in [-0.05, 0) is 35.9 Å². The third-order valence-electron chi connectivity index (χ3n) is 4.57. The van der Waals surface area contributed by atoms with E-state index in [4.69, 9.17) is 16.3 Å². The lowest BCUT2D eigenvalue weighted by atomic mass is 10.0. The van der Waals surface area contributed by atoms with Crippen LogP contribution in [0, 0.1) is 17.5 Å². The summed E-state index contributed by atoms with van der Waals surface area (Å²) in [5, 5.41) is 0.251. The average Bonchev–Trinajstić information content (AvgIpc) is 2.75. The zero-order chi connectivity index (χ0) is 23.0. The van der Waals surface area contributed by atoms with E-state index in [9.17, 15) is 21.6 Å². The van der Waals surface area contributed by atoms with Crippen LogP contribution >= 0.6 is 11.6 Å². The third kappa shape index (κ3) is 4.06. The molecular formula is C21H13ClF3N3O3S. The van der Waals surface area contributed by atoms with E-state index in [0.29, 0.717) is 28.1 Å². The number of aromatic nitrogens is 2. The van der Waals surface area contributed by atoms with Crippen molar-refractivity contribution in [3.63, 3.8) is 0 Å². The van der Waals surface area contributed by atoms with Gasteiger partial charge < -0.3 is 4.74 Å². The highest BCUT2D eigenvalue weighted by molar-refractivity contribution is 7.92. The van der Waals surface area contributed by atoms with Crippen LogP contribution < -0.4 is 9.46 Å². The number of pyridine rings is 2. The molecule has 32 heavy (non-hydrogen) atoms. The minimum Gasteiger partial charge on any atom is -0.480 e. The smallest absolute Gasteiger partial charge is 0.264 e. The first kappa shape index (κ1) is 21.8. The molecule has 0 fully saturated rings. The average molecular weight is 480 g/mol. The number of benzene rings is 2. The Kier molecular flexibility index (Phi) is 5.66. The van der Waals surface area contributed by atoms with Gasteiger partial charge in [-0.3, -0.25) is 9.71 Å². The van der Waals surface area contributed by atoms with Gasteiger partial charge in [0.1, 0.15) is 22.2 Å². The standard InChI is InChI=1S/C21H13ClF3N3O3S/c1-31-21-18(28-32(29,30)19-5-3-13(23)8-15(19)24)7-12(9-27-21)11-2-4-17-14(6-11)20(22)16(25)10-26-17/h2-10,28H,1H3. The van der Waals surface area contributed by atoms with Crippen LogP contribution in [-0.4, -0.2) is 25.5 Å². The molecule has 0 unspecified atom stereocenters. The van der Waals surface area contributed by atoms with Gasteiger partial charge in [0.2, 0.25) is 5.88 Å². The predicted molar refractivity (Wildman–Crippen MR) is 114 cm³/mol. The van der Waals surface area contributed by atoms with Gasteiger partial charge >= 0.3 is 0 Å². The molecule has 6 nitrogen and oxygen atoms in total. The molecule has 1 N–H and O–H groups in total. The normalized spacial score (nSPS) is 11.5. The Bertz CT molecular complexity index is 1470. The van der Waals surface area contributed by atoms with E-state index in [1.165, 1.54) is 19.4 Å². The van der Waals surface area contributed by atoms with Crippen molar-refractivity contribution in [2.45, 2.75) is 4.90 Å². The second kappa shape index (κ2) is 8.29. The summed E-state index contributed by atoms with van der Waals surface area (Å²) in [6, 6.07) is 8.39. The van der Waals surface area contributed by atoms with Gasteiger partial charge in [0, 0.05) is 23.2 Å². The number of hydrogen-bond donors (Lipinski definition) is 1. The Morgan fingerprint density at radius 2 is 1.72 bits per heavy atom. The molecule has 2 aromatic carbocycles. The molecule has 0 aliphatic heterocycles. The largest absolute Gasteiger partial charge is 0.480 e. The van der Waals surface area contributed by atoms with Crippen LogP contribution in [0.3, 0.4) is 0 Å². The number of rotatable bonds is 5. The van der Waals surface area contributed by atoms with Gasteiger partial charge in [-0.2, -0.15) is 0 Å². The van der Waals surface area contributed by atoms with E-state index in [-0.39, 0.29) is 16.6 Å². The number of anilines is 1. The number of fused-ring (bicyclic) bond motifs is 1. The van der Waals surface area contributed by atoms with Crippen LogP contribution in [0.25, 0.3) is 22.0 Å². The molecule has 0 atom stereocenters. The highest BCUT2D eigenvalue weighted by atomic mass is 35.5. The van der Waals surface area contributed by atoms with Gasteiger partial charge in [-0.1, -0.05) is 17.7 Å². The van der Waals surface area contributed by atoms with Gasteiger partial charge in [0.25, 0.3) is 10.0 Å². The minimum absolute atomic E-state index is 0.0774. The SMILES string of the molecule is COc1ncc(-c2ccc3ncc(F)c(Cl)c3c2)cc1NS(=O)(=O)c1ccc(F)cc1F. The van der Waals surface area contributed by atoms with Crippen molar-refractivity contribution in [2.75, 3.05) is 11.8 Å². The van der Waals surface area contributed by atoms with Crippen LogP contribution in [0.5, 0.6) is 5.88 Å². The van der Waals surface area contributed by atoms with Gasteiger partial charge in [0.05, 0.1) is 23.8 Å². The van der Waals surface area contributed by atoms with Crippen LogP contribution in [0.4, 0.5) is 18.9 Å². The third-order valence-corrected chi connectivity index (χ3v) is 6.35. The summed E-state index contributed by atoms with van der Waals surface area (Å²) in [7, 11) is -3.15. The molecule has 164 valence electrons. The Morgan fingerprint density at radius 3 is 2.44 bits per heavy atom. The zero-order valence-electron chi connectivity index (χ0n) is 16.2. The minimum atomic E-state index is -4.43. The van der Waals surface area contributed by atoms with E-state index in [0.717, 1.165) is 18.3 Å². The van der Waals surface area contributed by atoms with Crippen molar-refractivity contribution in [3.05, 3.63) is 77.3 Å². The molecule has 0 aliphatic rings. The molecule has 0 spiro atoms. The summed E-state index contributed by atoms with van der Waals surface area (Å²) in [6.07, 6.45) is 2.43. The summed E-state index contributed by atoms with van der Waals surface area (Å²) in [5.74, 6) is -2.92. The lowest BCUT2D eigenvalue weighted by molar-refractivity contribution is 0.400. The Labute approximate surface area is 185 Å². The summed E-state index contributed by atoms with van der Waals surface area (Å²) in [4.78, 5) is 7.31. The highest BCUT2D eigenvalue weighted by Crippen LogP contribution is 2.33. The monoisotopic (exact) mass is 479 g/mol. The summed E-state index contributed by atoms with van der Waals surface area (Å²) < 4.78 is 73.7. The number of methoxy groups -OCH3 is 1. The second-order valence-corrected chi connectivity index (χ2v) is 8.64. The van der Waals surface area contributed by atoms with Crippen molar-refractivity contribution < 1.29 is 26.3 Å². The maximum Gasteiger partial charge on any atom is 0.264 e. The van der Waals surface area contributed by atoms with E-state index in [1.54, 1.807) is 18.2 Å². The number of halogens is 4. The second-order valence-electron chi connectivity index (χ2n) is 6.61. The van der Waals surface area contributed by atoms with Crippen molar-refractivity contribution in [1.29, 1.82) is 0 Å². The Hall–Kier alpha value is -3.37. The number of hydrogen-bond acceptors (Lipinski definition) is 5. The molecule has 0 amide bonds. The molecule has 0 aliphatic carbocycles. The van der Waals surface area contributed by atoms with Crippen LogP contribution in [0.1, 0.15) is 0 Å². The zero-order valence-corrected chi connectivity index (χ0v) is 17.8. The molecule has 2 heterocycles. The fourth-order valence-electron chi connectivity index (χ4n) is 3.05. The highest BCUT2D eigenvalue weighted by Gasteiger charge is 2.22. The molecule has 0 saturated carbocycles. The van der Waals surface area contributed by atoms with Crippen molar-refractivity contribution in [3.8, 4) is 17.0 Å². The van der Waals surface area contributed by atoms with E-state index in [2.05, 4.69) is 14.7 Å². The maximum absolute atomic E-state index is 14.0. The molecule has 4 aromatic rings. The fourth-order valence-corrected chi connectivity index (χ4v) is 4.36. The lowest BCUT2D eigenvalue weighted by Gasteiger charge is -2.13. The Morgan fingerprint density at radius 1 is 0.938 bits per heavy atom. The van der Waals surface area contributed by atoms with Crippen LogP contribution in [-0.2, 0) is 10.0 Å². The molecule has 0 saturated heterocycles. The van der Waals surface area contributed by atoms with Gasteiger partial charge in [0.15, 0.2) is 5.82 Å². The molecule has 2 aromatic heterocycles. The van der Waals surface area contributed by atoms with Gasteiger partial charge in [-0.25, -0.2) is 26.6 Å². The molecular weight excluding hydrogens is 467 g/mol. The van der Waals surface area contributed by atoms with E-state index < -0.39 is 32.4 Å². The summed E-state index contributed by atoms with van der Waals surface area (Å²) in [5.41, 5.74) is 1.35. The topological polar surface area (TPSA) is 81.2 Å². The molecule has 0 radical (unpaired) electrons. The molecule has 0 bridgehead atoms. The number of ether oxygens (including phenoxy) is 1. The summed E-state index contributed by atoms with van der Waals surface area (Å²) in [6.45, 7) is 0. The first-order valence-corrected chi connectivity index (χ1v) is 10.8. The van der Waals surface area contributed by atoms with Crippen LogP contribution in [0.2, 0.25) is 5.02 Å². The number of nitrogens with one attached hydrogen (secondary N) is 1. The number of sulfonamides is 1. The fraction of sp³-hybridized carbons (Fsp3) is 0.0476. The first-order valence-electron chi connectivity index (χ1n) is 8.95.